The highest BCUT2D eigenvalue weighted by molar-refractivity contribution is 6.30. The molecule has 0 spiro atoms. The van der Waals surface area contributed by atoms with Crippen molar-refractivity contribution in [1.29, 1.82) is 5.26 Å². The highest BCUT2D eigenvalue weighted by Crippen LogP contribution is 2.46. The van der Waals surface area contributed by atoms with Crippen molar-refractivity contribution in [3.05, 3.63) is 99.8 Å². The molecule has 2 aromatic rings. The summed E-state index contributed by atoms with van der Waals surface area (Å²) in [6.45, 7) is 15.0. The molecule has 0 saturated heterocycles. The van der Waals surface area contributed by atoms with Crippen LogP contribution in [0.4, 0.5) is 5.69 Å². The molecule has 0 atom stereocenters. The van der Waals surface area contributed by atoms with Gasteiger partial charge in [-0.2, -0.15) is 5.26 Å². The van der Waals surface area contributed by atoms with Gasteiger partial charge in [-0.15, -0.1) is 0 Å². The molecule has 0 saturated carbocycles. The van der Waals surface area contributed by atoms with Gasteiger partial charge in [0.1, 0.15) is 0 Å². The van der Waals surface area contributed by atoms with Crippen molar-refractivity contribution >= 4 is 17.3 Å². The number of allylic oxidation sites excluding steroid dienone is 5. The normalized spacial score (nSPS) is 17.1. The van der Waals surface area contributed by atoms with Gasteiger partial charge in [0, 0.05) is 34.3 Å². The van der Waals surface area contributed by atoms with Crippen LogP contribution in [0, 0.1) is 18.3 Å². The van der Waals surface area contributed by atoms with Gasteiger partial charge in [0.05, 0.1) is 11.6 Å². The molecule has 0 radical (unpaired) electrons. The molecule has 0 amide bonds. The van der Waals surface area contributed by atoms with E-state index >= 15 is 0 Å². The molecule has 3 heteroatoms. The van der Waals surface area contributed by atoms with Crippen LogP contribution in [0.1, 0.15) is 44.4 Å². The summed E-state index contributed by atoms with van der Waals surface area (Å²) in [5, 5.41) is 10.6. The van der Waals surface area contributed by atoms with Crippen LogP contribution in [-0.2, 0) is 10.8 Å². The molecule has 0 bridgehead atoms. The standard InChI is InChI=1S/C27H29ClN2/c1-18-12-14-21(28)16-23(18)26(3,4)19(2)20(17-29)13-15-25-27(5,6)22-10-8-9-11-24(22)30(25)7/h8-16H,2H2,1,3-7H3/b20-13+,25-15-. The first-order chi connectivity index (χ1) is 14.0. The van der Waals surface area contributed by atoms with E-state index in [1.807, 2.05) is 24.3 Å². The highest BCUT2D eigenvalue weighted by Gasteiger charge is 2.38. The van der Waals surface area contributed by atoms with E-state index in [2.05, 4.69) is 89.6 Å². The average molecular weight is 417 g/mol. The Balaban J connectivity index is 2.01. The first-order valence-electron chi connectivity index (χ1n) is 10.1. The number of nitriles is 1. The van der Waals surface area contributed by atoms with Crippen LogP contribution in [0.25, 0.3) is 0 Å². The number of para-hydroxylation sites is 1. The fraction of sp³-hybridized carbons (Fsp3) is 0.296. The topological polar surface area (TPSA) is 27.0 Å². The van der Waals surface area contributed by atoms with Gasteiger partial charge in [0.25, 0.3) is 0 Å². The highest BCUT2D eigenvalue weighted by atomic mass is 35.5. The zero-order chi connectivity index (χ0) is 22.3. The van der Waals surface area contributed by atoms with Crippen molar-refractivity contribution < 1.29 is 0 Å². The summed E-state index contributed by atoms with van der Waals surface area (Å²) < 4.78 is 0. The van der Waals surface area contributed by atoms with E-state index in [0.717, 1.165) is 22.4 Å². The molecule has 2 aromatic carbocycles. The molecule has 0 aliphatic carbocycles. The minimum absolute atomic E-state index is 0.136. The first-order valence-corrected chi connectivity index (χ1v) is 10.5. The monoisotopic (exact) mass is 416 g/mol. The third kappa shape index (κ3) is 3.59. The maximum Gasteiger partial charge on any atom is 0.0994 e. The first kappa shape index (κ1) is 21.9. The number of nitrogens with zero attached hydrogens (tertiary/aromatic N) is 2. The summed E-state index contributed by atoms with van der Waals surface area (Å²) in [4.78, 5) is 2.20. The maximum absolute atomic E-state index is 9.93. The Morgan fingerprint density at radius 1 is 1.20 bits per heavy atom. The Kier molecular flexibility index (Phi) is 5.72. The minimum atomic E-state index is -0.422. The number of hydrogen-bond donors (Lipinski definition) is 0. The van der Waals surface area contributed by atoms with Crippen molar-refractivity contribution in [3.63, 3.8) is 0 Å². The average Bonchev–Trinajstić information content (AvgIpc) is 2.90. The summed E-state index contributed by atoms with van der Waals surface area (Å²) in [6.07, 6.45) is 3.97. The lowest BCUT2D eigenvalue weighted by Gasteiger charge is -2.30. The molecule has 0 aromatic heterocycles. The molecular weight excluding hydrogens is 388 g/mol. The van der Waals surface area contributed by atoms with Gasteiger partial charge in [-0.05, 0) is 59.5 Å². The summed E-state index contributed by atoms with van der Waals surface area (Å²) >= 11 is 6.26. The van der Waals surface area contributed by atoms with Gasteiger partial charge in [0.15, 0.2) is 0 Å². The van der Waals surface area contributed by atoms with E-state index in [4.69, 9.17) is 11.6 Å². The molecule has 0 fully saturated rings. The second kappa shape index (κ2) is 7.82. The van der Waals surface area contributed by atoms with Crippen molar-refractivity contribution in [2.45, 2.75) is 45.4 Å². The molecule has 0 N–H and O–H groups in total. The Labute approximate surface area is 185 Å². The van der Waals surface area contributed by atoms with Crippen molar-refractivity contribution in [2.24, 2.45) is 0 Å². The molecule has 30 heavy (non-hydrogen) atoms. The third-order valence-corrected chi connectivity index (χ3v) is 6.66. The number of fused-ring (bicyclic) bond motifs is 1. The molecular formula is C27H29ClN2. The van der Waals surface area contributed by atoms with E-state index < -0.39 is 5.41 Å². The number of halogens is 1. The van der Waals surface area contributed by atoms with Gasteiger partial charge >= 0.3 is 0 Å². The van der Waals surface area contributed by atoms with E-state index in [1.54, 1.807) is 0 Å². The molecule has 1 aliphatic heterocycles. The van der Waals surface area contributed by atoms with E-state index in [9.17, 15) is 5.26 Å². The lowest BCUT2D eigenvalue weighted by atomic mass is 9.74. The Morgan fingerprint density at radius 2 is 1.87 bits per heavy atom. The van der Waals surface area contributed by atoms with Crippen molar-refractivity contribution in [3.8, 4) is 6.07 Å². The second-order valence-electron chi connectivity index (χ2n) is 9.01. The maximum atomic E-state index is 9.93. The van der Waals surface area contributed by atoms with Crippen LogP contribution >= 0.6 is 11.6 Å². The fourth-order valence-electron chi connectivity index (χ4n) is 4.44. The Bertz CT molecular complexity index is 1110. The quantitative estimate of drug-likeness (QED) is 0.387. The van der Waals surface area contributed by atoms with E-state index in [-0.39, 0.29) is 5.41 Å². The Morgan fingerprint density at radius 3 is 2.50 bits per heavy atom. The van der Waals surface area contributed by atoms with Crippen molar-refractivity contribution in [1.82, 2.24) is 0 Å². The number of anilines is 1. The number of rotatable bonds is 4. The zero-order valence-electron chi connectivity index (χ0n) is 18.7. The van der Waals surface area contributed by atoms with E-state index in [0.29, 0.717) is 10.6 Å². The van der Waals surface area contributed by atoms with Crippen LogP contribution < -0.4 is 4.90 Å². The largest absolute Gasteiger partial charge is 0.347 e. The summed E-state index contributed by atoms with van der Waals surface area (Å²) in [6, 6.07) is 16.7. The van der Waals surface area contributed by atoms with Gasteiger partial charge < -0.3 is 4.90 Å². The molecule has 154 valence electrons. The van der Waals surface area contributed by atoms with E-state index in [1.165, 1.54) is 11.3 Å². The number of likely N-dealkylation sites (N-methyl/N-ethyl adjacent to an activating group) is 1. The lowest BCUT2D eigenvalue weighted by Crippen LogP contribution is -2.23. The summed E-state index contributed by atoms with van der Waals surface area (Å²) in [7, 11) is 2.08. The van der Waals surface area contributed by atoms with Gasteiger partial charge in [-0.3, -0.25) is 0 Å². The molecule has 2 nitrogen and oxygen atoms in total. The molecule has 0 unspecified atom stereocenters. The van der Waals surface area contributed by atoms with Gasteiger partial charge in [0.2, 0.25) is 0 Å². The smallest absolute Gasteiger partial charge is 0.0994 e. The molecule has 1 heterocycles. The SMILES string of the molecule is C=C(/C(C#N)=C/C=C1\N(C)c2ccccc2C1(C)C)C(C)(C)c1cc(Cl)ccc1C. The van der Waals surface area contributed by atoms with Crippen molar-refractivity contribution in [2.75, 3.05) is 11.9 Å². The number of aryl methyl sites for hydroxylation is 1. The molecule has 3 rings (SSSR count). The predicted octanol–water partition coefficient (Wildman–Crippen LogP) is 7.24. The van der Waals surface area contributed by atoms with Crippen LogP contribution in [0.15, 0.2) is 78.0 Å². The van der Waals surface area contributed by atoms with Gasteiger partial charge in [-0.25, -0.2) is 0 Å². The van der Waals surface area contributed by atoms with Crippen LogP contribution in [-0.4, -0.2) is 7.05 Å². The Hall–Kier alpha value is -2.76. The van der Waals surface area contributed by atoms with Gasteiger partial charge in [-0.1, -0.05) is 70.1 Å². The number of benzene rings is 2. The van der Waals surface area contributed by atoms with Crippen LogP contribution in [0.2, 0.25) is 5.02 Å². The third-order valence-electron chi connectivity index (χ3n) is 6.42. The minimum Gasteiger partial charge on any atom is -0.347 e. The predicted molar refractivity (Wildman–Crippen MR) is 128 cm³/mol. The fourth-order valence-corrected chi connectivity index (χ4v) is 4.61. The summed E-state index contributed by atoms with van der Waals surface area (Å²) in [5.74, 6) is 0. The second-order valence-corrected chi connectivity index (χ2v) is 9.44. The van der Waals surface area contributed by atoms with Crippen LogP contribution in [0.5, 0.6) is 0 Å². The lowest BCUT2D eigenvalue weighted by molar-refractivity contribution is 0.631. The van der Waals surface area contributed by atoms with Crippen LogP contribution in [0.3, 0.4) is 0 Å². The number of hydrogen-bond acceptors (Lipinski definition) is 2. The zero-order valence-corrected chi connectivity index (χ0v) is 19.4. The summed E-state index contributed by atoms with van der Waals surface area (Å²) in [5.41, 5.74) is 6.66. The molecule has 1 aliphatic rings.